The lowest BCUT2D eigenvalue weighted by atomic mass is 10.1. The molecule has 1 heterocycles. The van der Waals surface area contributed by atoms with Crippen molar-refractivity contribution in [1.29, 1.82) is 0 Å². The van der Waals surface area contributed by atoms with Crippen LogP contribution >= 0.6 is 0 Å². The third kappa shape index (κ3) is 3.80. The molecule has 1 unspecified atom stereocenters. The minimum atomic E-state index is -3.81. The Morgan fingerprint density at radius 3 is 2.50 bits per heavy atom. The Balaban J connectivity index is 1.85. The Kier molecular flexibility index (Phi) is 5.57. The minimum absolute atomic E-state index is 0.0315. The molecular weight excluding hydrogens is 380 g/mol. The summed E-state index contributed by atoms with van der Waals surface area (Å²) >= 11 is 0. The van der Waals surface area contributed by atoms with E-state index >= 15 is 0 Å². The molecule has 3 aromatic rings. The van der Waals surface area contributed by atoms with Crippen LogP contribution in [-0.2, 0) is 14.8 Å². The van der Waals surface area contributed by atoms with E-state index in [4.69, 9.17) is 0 Å². The number of carbonyl (C=O) groups is 1. The van der Waals surface area contributed by atoms with Crippen LogP contribution in [0.5, 0.6) is 0 Å². The van der Waals surface area contributed by atoms with Gasteiger partial charge in [0.05, 0.1) is 23.3 Å². The summed E-state index contributed by atoms with van der Waals surface area (Å²) < 4.78 is 33.6. The number of aromatic nitrogens is 3. The van der Waals surface area contributed by atoms with Crippen LogP contribution in [-0.4, -0.2) is 47.6 Å². The summed E-state index contributed by atoms with van der Waals surface area (Å²) in [6.07, 6.45) is 3.03. The molecule has 1 aromatic heterocycles. The van der Waals surface area contributed by atoms with E-state index in [0.717, 1.165) is 11.3 Å². The van der Waals surface area contributed by atoms with E-state index in [2.05, 4.69) is 14.8 Å². The number of rotatable bonds is 6. The van der Waals surface area contributed by atoms with Crippen LogP contribution in [0.25, 0.3) is 5.69 Å². The fourth-order valence-electron chi connectivity index (χ4n) is 2.73. The highest BCUT2D eigenvalue weighted by molar-refractivity contribution is 7.89. The number of methoxy groups -OCH3 is 1. The maximum Gasteiger partial charge on any atom is 0.337 e. The predicted molar refractivity (Wildman–Crippen MR) is 103 cm³/mol. The van der Waals surface area contributed by atoms with Gasteiger partial charge in [0, 0.05) is 13.1 Å². The number of sulfonamides is 1. The zero-order valence-corrected chi connectivity index (χ0v) is 16.5. The molecule has 28 heavy (non-hydrogen) atoms. The van der Waals surface area contributed by atoms with Crippen LogP contribution in [0.15, 0.2) is 66.1 Å². The van der Waals surface area contributed by atoms with E-state index in [-0.39, 0.29) is 10.5 Å². The van der Waals surface area contributed by atoms with Gasteiger partial charge in [-0.05, 0) is 42.8 Å². The van der Waals surface area contributed by atoms with Crippen molar-refractivity contribution in [2.75, 3.05) is 14.2 Å². The van der Waals surface area contributed by atoms with Crippen molar-refractivity contribution < 1.29 is 17.9 Å². The lowest BCUT2D eigenvalue weighted by Gasteiger charge is -2.25. The molecule has 0 saturated heterocycles. The summed E-state index contributed by atoms with van der Waals surface area (Å²) in [7, 11) is -1.05. The molecule has 3 rings (SSSR count). The fourth-order valence-corrected chi connectivity index (χ4v) is 4.13. The summed E-state index contributed by atoms with van der Waals surface area (Å²) in [6.45, 7) is 1.80. The Labute approximate surface area is 163 Å². The lowest BCUT2D eigenvalue weighted by Crippen LogP contribution is -2.30. The smallest absolute Gasteiger partial charge is 0.337 e. The average molecular weight is 400 g/mol. The molecule has 0 spiro atoms. The summed E-state index contributed by atoms with van der Waals surface area (Å²) in [4.78, 5) is 15.6. The van der Waals surface area contributed by atoms with Gasteiger partial charge in [0.1, 0.15) is 12.7 Å². The van der Waals surface area contributed by atoms with E-state index in [9.17, 15) is 13.2 Å². The highest BCUT2D eigenvalue weighted by atomic mass is 32.2. The zero-order chi connectivity index (χ0) is 20.3. The van der Waals surface area contributed by atoms with Gasteiger partial charge in [0.15, 0.2) is 0 Å². The molecular formula is C19H20N4O4S. The molecule has 0 aliphatic heterocycles. The van der Waals surface area contributed by atoms with E-state index in [1.807, 2.05) is 24.3 Å². The van der Waals surface area contributed by atoms with E-state index < -0.39 is 22.0 Å². The predicted octanol–water partition coefficient (Wildman–Crippen LogP) is 2.44. The van der Waals surface area contributed by atoms with Crippen molar-refractivity contribution in [3.63, 3.8) is 0 Å². The van der Waals surface area contributed by atoms with Crippen molar-refractivity contribution in [2.24, 2.45) is 0 Å². The second-order valence-corrected chi connectivity index (χ2v) is 8.15. The molecule has 0 aliphatic rings. The van der Waals surface area contributed by atoms with Gasteiger partial charge >= 0.3 is 5.97 Å². The fraction of sp³-hybridized carbons (Fsp3) is 0.211. The van der Waals surface area contributed by atoms with Crippen LogP contribution in [0.4, 0.5) is 0 Å². The summed E-state index contributed by atoms with van der Waals surface area (Å²) in [6, 6.07) is 12.8. The van der Waals surface area contributed by atoms with Gasteiger partial charge in [-0.1, -0.05) is 18.2 Å². The molecule has 146 valence electrons. The molecule has 2 aromatic carbocycles. The quantitative estimate of drug-likeness (QED) is 0.590. The first-order valence-corrected chi connectivity index (χ1v) is 9.90. The Morgan fingerprint density at radius 1 is 1.18 bits per heavy atom. The van der Waals surface area contributed by atoms with Crippen molar-refractivity contribution in [1.82, 2.24) is 19.1 Å². The molecule has 8 nitrogen and oxygen atoms in total. The lowest BCUT2D eigenvalue weighted by molar-refractivity contribution is 0.0600. The van der Waals surface area contributed by atoms with Crippen LogP contribution in [0, 0.1) is 0 Å². The summed E-state index contributed by atoms with van der Waals surface area (Å²) in [5.74, 6) is -0.587. The maximum absolute atomic E-state index is 13.0. The molecule has 0 amide bonds. The largest absolute Gasteiger partial charge is 0.465 e. The van der Waals surface area contributed by atoms with Crippen molar-refractivity contribution in [3.05, 3.63) is 72.3 Å². The first-order chi connectivity index (χ1) is 13.3. The number of hydrogen-bond acceptors (Lipinski definition) is 6. The topological polar surface area (TPSA) is 94.4 Å². The summed E-state index contributed by atoms with van der Waals surface area (Å²) in [5.41, 5.74) is 1.82. The second kappa shape index (κ2) is 7.91. The standard InChI is InChI=1S/C19H20N4O4S/c1-14(15-7-9-17(10-8-15)23-13-20-12-21-23)22(2)28(25,26)18-6-4-5-16(11-18)19(24)27-3/h4-14H,1-3H3. The monoisotopic (exact) mass is 400 g/mol. The first kappa shape index (κ1) is 19.7. The number of ether oxygens (including phenoxy) is 1. The van der Waals surface area contributed by atoms with Crippen LogP contribution in [0.2, 0.25) is 0 Å². The van der Waals surface area contributed by atoms with Gasteiger partial charge in [0.25, 0.3) is 0 Å². The van der Waals surface area contributed by atoms with Crippen LogP contribution < -0.4 is 0 Å². The summed E-state index contributed by atoms with van der Waals surface area (Å²) in [5, 5.41) is 4.07. The third-order valence-corrected chi connectivity index (χ3v) is 6.46. The minimum Gasteiger partial charge on any atom is -0.465 e. The Morgan fingerprint density at radius 2 is 1.89 bits per heavy atom. The Hall–Kier alpha value is -3.04. The highest BCUT2D eigenvalue weighted by Crippen LogP contribution is 2.27. The molecule has 0 saturated carbocycles. The zero-order valence-electron chi connectivity index (χ0n) is 15.7. The normalized spacial score (nSPS) is 12.7. The maximum atomic E-state index is 13.0. The molecule has 1 atom stereocenters. The molecule has 0 N–H and O–H groups in total. The third-order valence-electron chi connectivity index (χ3n) is 4.54. The second-order valence-electron chi connectivity index (χ2n) is 6.15. The molecule has 0 aliphatic carbocycles. The number of benzene rings is 2. The molecule has 0 fully saturated rings. The average Bonchev–Trinajstić information content (AvgIpc) is 3.27. The van der Waals surface area contributed by atoms with Gasteiger partial charge in [-0.2, -0.15) is 9.40 Å². The van der Waals surface area contributed by atoms with Crippen LogP contribution in [0.3, 0.4) is 0 Å². The first-order valence-electron chi connectivity index (χ1n) is 8.46. The van der Waals surface area contributed by atoms with Crippen molar-refractivity contribution in [2.45, 2.75) is 17.9 Å². The van der Waals surface area contributed by atoms with Gasteiger partial charge in [0.2, 0.25) is 10.0 Å². The number of hydrogen-bond donors (Lipinski definition) is 0. The molecule has 0 radical (unpaired) electrons. The molecule has 0 bridgehead atoms. The van der Waals surface area contributed by atoms with Gasteiger partial charge in [-0.25, -0.2) is 22.9 Å². The van der Waals surface area contributed by atoms with Gasteiger partial charge in [-0.15, -0.1) is 0 Å². The highest BCUT2D eigenvalue weighted by Gasteiger charge is 2.27. The SMILES string of the molecule is COC(=O)c1cccc(S(=O)(=O)N(C)C(C)c2ccc(-n3cncn3)cc2)c1. The van der Waals surface area contributed by atoms with E-state index in [1.54, 1.807) is 17.9 Å². The van der Waals surface area contributed by atoms with Crippen LogP contribution in [0.1, 0.15) is 28.9 Å². The number of esters is 1. The van der Waals surface area contributed by atoms with E-state index in [0.29, 0.717) is 0 Å². The number of nitrogens with zero attached hydrogens (tertiary/aromatic N) is 4. The Bertz CT molecular complexity index is 1060. The van der Waals surface area contributed by atoms with Crippen molar-refractivity contribution >= 4 is 16.0 Å². The van der Waals surface area contributed by atoms with Crippen molar-refractivity contribution in [3.8, 4) is 5.69 Å². The molecule has 9 heteroatoms. The van der Waals surface area contributed by atoms with Gasteiger partial charge in [-0.3, -0.25) is 0 Å². The van der Waals surface area contributed by atoms with Gasteiger partial charge < -0.3 is 4.74 Å². The number of carbonyl (C=O) groups excluding carboxylic acids is 1. The van der Waals surface area contributed by atoms with E-state index in [1.165, 1.54) is 49.1 Å².